The molecule has 15 heavy (non-hydrogen) atoms. The quantitative estimate of drug-likeness (QED) is 0.730. The van der Waals surface area contributed by atoms with Crippen molar-refractivity contribution in [2.45, 2.75) is 39.1 Å². The van der Waals surface area contributed by atoms with E-state index in [4.69, 9.17) is 4.74 Å². The topological polar surface area (TPSA) is 41.5 Å². The van der Waals surface area contributed by atoms with Gasteiger partial charge in [-0.05, 0) is 26.0 Å². The predicted octanol–water partition coefficient (Wildman–Crippen LogP) is 2.12. The molecule has 0 fully saturated rings. The Hall–Kier alpha value is -1.06. The van der Waals surface area contributed by atoms with Crippen LogP contribution < -0.4 is 10.1 Å². The van der Waals surface area contributed by atoms with Gasteiger partial charge in [-0.25, -0.2) is 0 Å². The maximum absolute atomic E-state index is 10.1. The van der Waals surface area contributed by atoms with E-state index in [0.29, 0.717) is 12.2 Å². The molecule has 3 heteroatoms. The van der Waals surface area contributed by atoms with Gasteiger partial charge in [0.1, 0.15) is 5.75 Å². The molecule has 1 rings (SSSR count). The lowest BCUT2D eigenvalue weighted by Gasteiger charge is -2.30. The molecule has 0 radical (unpaired) electrons. The molecule has 0 aliphatic rings. The van der Waals surface area contributed by atoms with Crippen molar-refractivity contribution in [1.29, 1.82) is 0 Å². The number of benzene rings is 1. The Balaban J connectivity index is 2.68. The maximum atomic E-state index is 10.1. The molecular weight excluding hydrogens is 190 g/mol. The van der Waals surface area contributed by atoms with Gasteiger partial charge in [0.2, 0.25) is 0 Å². The Morgan fingerprint density at radius 2 is 1.93 bits per heavy atom. The van der Waals surface area contributed by atoms with Crippen LogP contribution in [0.15, 0.2) is 30.3 Å². The van der Waals surface area contributed by atoms with Crippen LogP contribution in [0.4, 0.5) is 0 Å². The zero-order valence-electron chi connectivity index (χ0n) is 9.53. The number of para-hydroxylation sites is 1. The van der Waals surface area contributed by atoms with E-state index >= 15 is 0 Å². The van der Waals surface area contributed by atoms with Gasteiger partial charge in [0, 0.05) is 12.5 Å². The van der Waals surface area contributed by atoms with Crippen LogP contribution in [0.25, 0.3) is 0 Å². The fourth-order valence-electron chi connectivity index (χ4n) is 1.34. The molecule has 0 saturated heterocycles. The fraction of sp³-hybridized carbons (Fsp3) is 0.500. The normalized spacial score (nSPS) is 15.0. The smallest absolute Gasteiger partial charge is 0.267 e. The van der Waals surface area contributed by atoms with E-state index in [2.05, 4.69) is 5.32 Å². The van der Waals surface area contributed by atoms with Crippen LogP contribution in [0, 0.1) is 0 Å². The van der Waals surface area contributed by atoms with E-state index < -0.39 is 5.91 Å². The largest absolute Gasteiger partial charge is 0.449 e. The second-order valence-electron chi connectivity index (χ2n) is 3.85. The van der Waals surface area contributed by atoms with E-state index in [0.717, 1.165) is 0 Å². The number of hydrogen-bond donors (Lipinski definition) is 2. The lowest BCUT2D eigenvalue weighted by Crippen LogP contribution is -2.52. The highest BCUT2D eigenvalue weighted by Gasteiger charge is 2.27. The van der Waals surface area contributed by atoms with E-state index in [1.807, 2.05) is 51.1 Å². The third-order valence-electron chi connectivity index (χ3n) is 2.02. The predicted molar refractivity (Wildman–Crippen MR) is 60.6 cm³/mol. The average Bonchev–Trinajstić information content (AvgIpc) is 2.18. The maximum Gasteiger partial charge on any atom is 0.267 e. The second-order valence-corrected chi connectivity index (χ2v) is 3.85. The highest BCUT2D eigenvalue weighted by atomic mass is 16.6. The molecule has 0 bridgehead atoms. The summed E-state index contributed by atoms with van der Waals surface area (Å²) in [5.41, 5.74) is 0. The number of rotatable bonds is 5. The molecule has 0 spiro atoms. The zero-order valence-corrected chi connectivity index (χ0v) is 9.53. The summed E-state index contributed by atoms with van der Waals surface area (Å²) in [6.07, 6.45) is 0.486. The van der Waals surface area contributed by atoms with Gasteiger partial charge in [-0.2, -0.15) is 0 Å². The van der Waals surface area contributed by atoms with Crippen molar-refractivity contribution in [3.05, 3.63) is 30.3 Å². The molecule has 1 atom stereocenters. The Labute approximate surface area is 91.1 Å². The molecule has 0 aromatic heterocycles. The Bertz CT molecular complexity index is 287. The first-order chi connectivity index (χ1) is 7.06. The number of ether oxygens (including phenoxy) is 1. The Morgan fingerprint density at radius 1 is 1.33 bits per heavy atom. The monoisotopic (exact) mass is 209 g/mol. The van der Waals surface area contributed by atoms with E-state index in [-0.39, 0.29) is 6.04 Å². The fourth-order valence-corrected chi connectivity index (χ4v) is 1.34. The Morgan fingerprint density at radius 3 is 2.40 bits per heavy atom. The van der Waals surface area contributed by atoms with Crippen LogP contribution in [0.2, 0.25) is 0 Å². The number of nitrogens with one attached hydrogen (secondary N) is 1. The highest BCUT2D eigenvalue weighted by molar-refractivity contribution is 5.21. The lowest BCUT2D eigenvalue weighted by molar-refractivity contribution is -0.169. The van der Waals surface area contributed by atoms with Gasteiger partial charge in [0.25, 0.3) is 5.91 Å². The molecule has 1 aromatic carbocycles. The van der Waals surface area contributed by atoms with Gasteiger partial charge in [-0.15, -0.1) is 0 Å². The first-order valence-corrected chi connectivity index (χ1v) is 5.30. The van der Waals surface area contributed by atoms with E-state index in [9.17, 15) is 5.11 Å². The summed E-state index contributed by atoms with van der Waals surface area (Å²) in [5.74, 6) is -0.620. The minimum Gasteiger partial charge on any atom is -0.449 e. The van der Waals surface area contributed by atoms with Crippen molar-refractivity contribution in [2.24, 2.45) is 0 Å². The first kappa shape index (κ1) is 12.0. The minimum absolute atomic E-state index is 0.165. The molecule has 3 nitrogen and oxygen atoms in total. The summed E-state index contributed by atoms with van der Waals surface area (Å²) < 4.78 is 5.51. The molecular formula is C12H19NO2. The average molecular weight is 209 g/mol. The van der Waals surface area contributed by atoms with Gasteiger partial charge >= 0.3 is 0 Å². The third-order valence-corrected chi connectivity index (χ3v) is 2.02. The first-order valence-electron chi connectivity index (χ1n) is 5.30. The number of aliphatic hydroxyl groups is 1. The highest BCUT2D eigenvalue weighted by Crippen LogP contribution is 2.17. The van der Waals surface area contributed by atoms with E-state index in [1.165, 1.54) is 0 Å². The molecule has 0 amide bonds. The van der Waals surface area contributed by atoms with Crippen molar-refractivity contribution < 1.29 is 9.84 Å². The molecule has 0 aliphatic carbocycles. The summed E-state index contributed by atoms with van der Waals surface area (Å²) in [6, 6.07) is 9.47. The van der Waals surface area contributed by atoms with Crippen molar-refractivity contribution in [3.8, 4) is 5.75 Å². The lowest BCUT2D eigenvalue weighted by atomic mass is 10.3. The summed E-state index contributed by atoms with van der Waals surface area (Å²) in [7, 11) is 0. The van der Waals surface area contributed by atoms with Gasteiger partial charge in [0.15, 0.2) is 0 Å². The molecule has 0 aliphatic heterocycles. The standard InChI is InChI=1S/C12H19NO2/c1-4-12(14,13-10(2)3)15-11-8-6-5-7-9-11/h5-10,13-14H,4H2,1-3H3. The van der Waals surface area contributed by atoms with Crippen LogP contribution in [-0.2, 0) is 0 Å². The van der Waals surface area contributed by atoms with Crippen molar-refractivity contribution in [3.63, 3.8) is 0 Å². The van der Waals surface area contributed by atoms with Crippen molar-refractivity contribution in [1.82, 2.24) is 5.32 Å². The van der Waals surface area contributed by atoms with Crippen LogP contribution in [0.3, 0.4) is 0 Å². The summed E-state index contributed by atoms with van der Waals surface area (Å²) in [4.78, 5) is 0. The van der Waals surface area contributed by atoms with Gasteiger partial charge in [-0.3, -0.25) is 5.32 Å². The van der Waals surface area contributed by atoms with E-state index in [1.54, 1.807) is 0 Å². The van der Waals surface area contributed by atoms with Crippen LogP contribution >= 0.6 is 0 Å². The van der Waals surface area contributed by atoms with Gasteiger partial charge < -0.3 is 9.84 Å². The van der Waals surface area contributed by atoms with Crippen molar-refractivity contribution >= 4 is 0 Å². The van der Waals surface area contributed by atoms with Gasteiger partial charge in [-0.1, -0.05) is 25.1 Å². The van der Waals surface area contributed by atoms with Gasteiger partial charge in [0.05, 0.1) is 0 Å². The summed E-state index contributed by atoms with van der Waals surface area (Å²) in [6.45, 7) is 5.81. The van der Waals surface area contributed by atoms with Crippen LogP contribution in [0.1, 0.15) is 27.2 Å². The van der Waals surface area contributed by atoms with Crippen molar-refractivity contribution in [2.75, 3.05) is 0 Å². The minimum atomic E-state index is -1.28. The van der Waals surface area contributed by atoms with Crippen LogP contribution in [-0.4, -0.2) is 17.1 Å². The third kappa shape index (κ3) is 3.90. The Kier molecular flexibility index (Phi) is 4.12. The van der Waals surface area contributed by atoms with Crippen LogP contribution in [0.5, 0.6) is 5.75 Å². The summed E-state index contributed by atoms with van der Waals surface area (Å²) in [5, 5.41) is 13.1. The molecule has 1 aromatic rings. The molecule has 0 saturated carbocycles. The molecule has 84 valence electrons. The molecule has 1 unspecified atom stereocenters. The SMILES string of the molecule is CCC(O)(NC(C)C)Oc1ccccc1. The zero-order chi connectivity index (χ0) is 11.3. The molecule has 0 heterocycles. The number of hydrogen-bond acceptors (Lipinski definition) is 3. The second kappa shape index (κ2) is 5.14. The molecule has 2 N–H and O–H groups in total. The summed E-state index contributed by atoms with van der Waals surface area (Å²) >= 11 is 0.